The second-order valence-electron chi connectivity index (χ2n) is 5.75. The van der Waals surface area contributed by atoms with E-state index in [4.69, 9.17) is 0 Å². The Hall–Kier alpha value is -2.28. The zero-order valence-corrected chi connectivity index (χ0v) is 13.8. The monoisotopic (exact) mass is 348 g/mol. The zero-order valence-electron chi connectivity index (χ0n) is 12.9. The lowest BCUT2D eigenvalue weighted by molar-refractivity contribution is -0.151. The molecule has 1 amide bonds. The number of carbonyl (C=O) groups excluding carboxylic acids is 1. The summed E-state index contributed by atoms with van der Waals surface area (Å²) in [5, 5.41) is 11.7. The SMILES string of the molecule is O=C(O)C1CCCCN1C(=O)Cc1nc(-c2ccc(F)cc2)cs1. The number of hydrogen-bond acceptors (Lipinski definition) is 4. The molecule has 1 fully saturated rings. The number of benzene rings is 1. The number of aliphatic carboxylic acids is 1. The molecule has 0 aliphatic carbocycles. The minimum absolute atomic E-state index is 0.0929. The van der Waals surface area contributed by atoms with Gasteiger partial charge in [-0.1, -0.05) is 0 Å². The van der Waals surface area contributed by atoms with Crippen LogP contribution in [0.2, 0.25) is 0 Å². The van der Waals surface area contributed by atoms with Gasteiger partial charge in [-0.2, -0.15) is 0 Å². The number of hydrogen-bond donors (Lipinski definition) is 1. The van der Waals surface area contributed by atoms with Crippen molar-refractivity contribution in [1.29, 1.82) is 0 Å². The predicted molar refractivity (Wildman–Crippen MR) is 88.2 cm³/mol. The average molecular weight is 348 g/mol. The van der Waals surface area contributed by atoms with E-state index in [9.17, 15) is 19.1 Å². The number of halogens is 1. The van der Waals surface area contributed by atoms with Crippen LogP contribution in [-0.4, -0.2) is 39.5 Å². The Balaban J connectivity index is 1.70. The van der Waals surface area contributed by atoms with E-state index in [-0.39, 0.29) is 18.1 Å². The molecule has 7 heteroatoms. The number of carboxylic acid groups (broad SMARTS) is 1. The molecule has 1 aliphatic heterocycles. The number of likely N-dealkylation sites (tertiary alicyclic amines) is 1. The van der Waals surface area contributed by atoms with Crippen LogP contribution in [-0.2, 0) is 16.0 Å². The number of carbonyl (C=O) groups is 2. The van der Waals surface area contributed by atoms with Gasteiger partial charge in [-0.25, -0.2) is 14.2 Å². The summed E-state index contributed by atoms with van der Waals surface area (Å²) in [7, 11) is 0. The van der Waals surface area contributed by atoms with Crippen molar-refractivity contribution in [1.82, 2.24) is 9.88 Å². The average Bonchev–Trinajstić information content (AvgIpc) is 3.04. The van der Waals surface area contributed by atoms with Gasteiger partial charge in [0.05, 0.1) is 12.1 Å². The van der Waals surface area contributed by atoms with Crippen molar-refractivity contribution in [3.63, 3.8) is 0 Å². The molecule has 0 saturated carbocycles. The number of rotatable bonds is 4. The highest BCUT2D eigenvalue weighted by atomic mass is 32.1. The summed E-state index contributed by atoms with van der Waals surface area (Å²) in [5.41, 5.74) is 1.48. The van der Waals surface area contributed by atoms with Gasteiger partial charge in [-0.3, -0.25) is 4.79 Å². The molecule has 24 heavy (non-hydrogen) atoms. The number of thiazole rings is 1. The van der Waals surface area contributed by atoms with Crippen molar-refractivity contribution in [3.8, 4) is 11.3 Å². The molecule has 2 aromatic rings. The molecule has 1 unspecified atom stereocenters. The number of aromatic nitrogens is 1. The Bertz CT molecular complexity index is 745. The van der Waals surface area contributed by atoms with Crippen LogP contribution in [0.5, 0.6) is 0 Å². The maximum absolute atomic E-state index is 13.0. The van der Waals surface area contributed by atoms with Crippen molar-refractivity contribution >= 4 is 23.2 Å². The Labute approximate surface area is 142 Å². The van der Waals surface area contributed by atoms with Crippen LogP contribution in [0, 0.1) is 5.82 Å². The number of amides is 1. The van der Waals surface area contributed by atoms with Gasteiger partial charge >= 0.3 is 5.97 Å². The third kappa shape index (κ3) is 3.62. The number of piperidine rings is 1. The molecule has 1 saturated heterocycles. The standard InChI is InChI=1S/C17H17FN2O3S/c18-12-6-4-11(5-7-12)13-10-24-15(19-13)9-16(21)20-8-2-1-3-14(20)17(22)23/h4-7,10,14H,1-3,8-9H2,(H,22,23). The number of carboxylic acids is 1. The number of nitrogens with zero attached hydrogens (tertiary/aromatic N) is 2. The lowest BCUT2D eigenvalue weighted by Gasteiger charge is -2.32. The minimum atomic E-state index is -0.950. The van der Waals surface area contributed by atoms with Gasteiger partial charge in [0.25, 0.3) is 0 Å². The molecule has 3 rings (SSSR count). The van der Waals surface area contributed by atoms with Crippen molar-refractivity contribution < 1.29 is 19.1 Å². The first kappa shape index (κ1) is 16.6. The van der Waals surface area contributed by atoms with Gasteiger partial charge in [-0.05, 0) is 43.5 Å². The molecule has 0 bridgehead atoms. The van der Waals surface area contributed by atoms with Gasteiger partial charge in [0.15, 0.2) is 0 Å². The van der Waals surface area contributed by atoms with Crippen LogP contribution in [0.1, 0.15) is 24.3 Å². The predicted octanol–water partition coefficient (Wildman–Crippen LogP) is 2.96. The van der Waals surface area contributed by atoms with E-state index >= 15 is 0 Å². The highest BCUT2D eigenvalue weighted by Crippen LogP contribution is 2.24. The maximum atomic E-state index is 13.0. The second kappa shape index (κ2) is 7.09. The molecule has 2 heterocycles. The van der Waals surface area contributed by atoms with E-state index in [2.05, 4.69) is 4.98 Å². The summed E-state index contributed by atoms with van der Waals surface area (Å²) in [6, 6.07) is 5.28. The first-order valence-corrected chi connectivity index (χ1v) is 8.65. The van der Waals surface area contributed by atoms with Crippen LogP contribution in [0.4, 0.5) is 4.39 Å². The Morgan fingerprint density at radius 1 is 1.29 bits per heavy atom. The van der Waals surface area contributed by atoms with Gasteiger partial charge in [-0.15, -0.1) is 11.3 Å². The van der Waals surface area contributed by atoms with Crippen LogP contribution in [0.25, 0.3) is 11.3 Å². The smallest absolute Gasteiger partial charge is 0.326 e. The molecule has 1 atom stereocenters. The van der Waals surface area contributed by atoms with Gasteiger partial charge in [0, 0.05) is 17.5 Å². The third-order valence-electron chi connectivity index (χ3n) is 4.10. The molecule has 1 N–H and O–H groups in total. The second-order valence-corrected chi connectivity index (χ2v) is 6.69. The molecular weight excluding hydrogens is 331 g/mol. The zero-order chi connectivity index (χ0) is 17.1. The molecule has 126 valence electrons. The molecule has 0 spiro atoms. The van der Waals surface area contributed by atoms with Gasteiger partial charge < -0.3 is 10.0 Å². The van der Waals surface area contributed by atoms with Gasteiger partial charge in [0.1, 0.15) is 16.9 Å². The molecule has 5 nitrogen and oxygen atoms in total. The summed E-state index contributed by atoms with van der Waals surface area (Å²) in [6.07, 6.45) is 2.25. The van der Waals surface area contributed by atoms with E-state index < -0.39 is 12.0 Å². The highest BCUT2D eigenvalue weighted by Gasteiger charge is 2.32. The van der Waals surface area contributed by atoms with Crippen molar-refractivity contribution in [2.45, 2.75) is 31.7 Å². The first-order chi connectivity index (χ1) is 11.5. The fourth-order valence-electron chi connectivity index (χ4n) is 2.86. The topological polar surface area (TPSA) is 70.5 Å². The Morgan fingerprint density at radius 3 is 2.75 bits per heavy atom. The fraction of sp³-hybridized carbons (Fsp3) is 0.353. The lowest BCUT2D eigenvalue weighted by Crippen LogP contribution is -2.48. The van der Waals surface area contributed by atoms with Crippen LogP contribution < -0.4 is 0 Å². The van der Waals surface area contributed by atoms with Crippen LogP contribution >= 0.6 is 11.3 Å². The lowest BCUT2D eigenvalue weighted by atomic mass is 10.0. The van der Waals surface area contributed by atoms with Crippen molar-refractivity contribution in [2.24, 2.45) is 0 Å². The van der Waals surface area contributed by atoms with E-state index in [0.29, 0.717) is 23.7 Å². The van der Waals surface area contributed by atoms with Crippen LogP contribution in [0.15, 0.2) is 29.6 Å². The highest BCUT2D eigenvalue weighted by molar-refractivity contribution is 7.10. The molecule has 1 aromatic heterocycles. The van der Waals surface area contributed by atoms with Gasteiger partial charge in [0.2, 0.25) is 5.91 Å². The summed E-state index contributed by atoms with van der Waals surface area (Å²) < 4.78 is 13.0. The Kier molecular flexibility index (Phi) is 4.89. The summed E-state index contributed by atoms with van der Waals surface area (Å²) >= 11 is 1.35. The quantitative estimate of drug-likeness (QED) is 0.922. The van der Waals surface area contributed by atoms with E-state index in [1.165, 1.54) is 28.4 Å². The maximum Gasteiger partial charge on any atom is 0.326 e. The van der Waals surface area contributed by atoms with E-state index in [0.717, 1.165) is 18.4 Å². The molecule has 0 radical (unpaired) electrons. The summed E-state index contributed by atoms with van der Waals surface area (Å²) in [6.45, 7) is 0.478. The molecule has 1 aromatic carbocycles. The third-order valence-corrected chi connectivity index (χ3v) is 4.95. The summed E-state index contributed by atoms with van der Waals surface area (Å²) in [5.74, 6) is -1.47. The van der Waals surface area contributed by atoms with E-state index in [1.807, 2.05) is 5.38 Å². The Morgan fingerprint density at radius 2 is 2.04 bits per heavy atom. The fourth-order valence-corrected chi connectivity index (χ4v) is 3.66. The summed E-state index contributed by atoms with van der Waals surface area (Å²) in [4.78, 5) is 29.6. The van der Waals surface area contributed by atoms with Crippen LogP contribution in [0.3, 0.4) is 0 Å². The largest absolute Gasteiger partial charge is 0.480 e. The molecule has 1 aliphatic rings. The first-order valence-electron chi connectivity index (χ1n) is 7.77. The minimum Gasteiger partial charge on any atom is -0.480 e. The van der Waals surface area contributed by atoms with Crippen molar-refractivity contribution in [3.05, 3.63) is 40.5 Å². The van der Waals surface area contributed by atoms with E-state index in [1.54, 1.807) is 12.1 Å². The van der Waals surface area contributed by atoms with Crippen molar-refractivity contribution in [2.75, 3.05) is 6.54 Å². The molecular formula is C17H17FN2O3S. The normalized spacial score (nSPS) is 17.7.